The molecule has 0 spiro atoms. The van der Waals surface area contributed by atoms with Gasteiger partial charge in [0.2, 0.25) is 5.60 Å². The maximum absolute atomic E-state index is 13.0. The molecule has 0 aromatic heterocycles. The monoisotopic (exact) mass is 526 g/mol. The third-order valence-electron chi connectivity index (χ3n) is 5.86. The van der Waals surface area contributed by atoms with Gasteiger partial charge in [-0.1, -0.05) is 76.9 Å². The number of rotatable bonds is 9. The van der Waals surface area contributed by atoms with Crippen LogP contribution < -0.4 is 10.1 Å². The Kier molecular flexibility index (Phi) is 7.82. The van der Waals surface area contributed by atoms with E-state index in [9.17, 15) is 14.7 Å². The minimum absolute atomic E-state index is 0.0835. The second kappa shape index (κ2) is 11.0. The number of benzene rings is 3. The Morgan fingerprint density at radius 2 is 1.72 bits per heavy atom. The number of aliphatic carboxylic acids is 1. The van der Waals surface area contributed by atoms with Crippen molar-refractivity contribution in [3.8, 4) is 5.75 Å². The van der Waals surface area contributed by atoms with E-state index in [4.69, 9.17) is 32.8 Å². The molecule has 9 heteroatoms. The molecule has 1 amide bonds. The molecule has 1 heterocycles. The largest absolute Gasteiger partial charge is 0.489 e. The number of hydrogen-bond acceptors (Lipinski definition) is 5. The summed E-state index contributed by atoms with van der Waals surface area (Å²) in [5.41, 5.74) is 1.58. The number of carbonyl (C=O) groups excluding carboxylic acids is 1. The topological polar surface area (TPSA) is 97.2 Å². The molecule has 186 valence electrons. The molecule has 2 atom stereocenters. The Morgan fingerprint density at radius 3 is 2.36 bits per heavy atom. The SMILES string of the molecule is CC1(C(=O)N[C@@H](Cc2ccc(OCc3c(Cl)cccc3Cl)cc2)C(=O)O)CC(c2ccccc2)=NO1. The summed E-state index contributed by atoms with van der Waals surface area (Å²) < 4.78 is 5.77. The summed E-state index contributed by atoms with van der Waals surface area (Å²) in [6.07, 6.45) is 0.316. The summed E-state index contributed by atoms with van der Waals surface area (Å²) in [5, 5.41) is 17.4. The Labute approximate surface area is 218 Å². The Balaban J connectivity index is 1.35. The lowest BCUT2D eigenvalue weighted by molar-refractivity contribution is -0.148. The Bertz CT molecular complexity index is 1260. The predicted molar refractivity (Wildman–Crippen MR) is 138 cm³/mol. The van der Waals surface area contributed by atoms with Gasteiger partial charge in [0, 0.05) is 28.5 Å². The van der Waals surface area contributed by atoms with Crippen molar-refractivity contribution < 1.29 is 24.3 Å². The number of ether oxygens (including phenoxy) is 1. The highest BCUT2D eigenvalue weighted by Gasteiger charge is 2.43. The van der Waals surface area contributed by atoms with Crippen molar-refractivity contribution in [2.75, 3.05) is 0 Å². The first-order valence-corrected chi connectivity index (χ1v) is 12.0. The van der Waals surface area contributed by atoms with Gasteiger partial charge < -0.3 is 20.0 Å². The van der Waals surface area contributed by atoms with Crippen LogP contribution in [0.5, 0.6) is 5.75 Å². The fourth-order valence-corrected chi connectivity index (χ4v) is 4.25. The number of oxime groups is 1. The van der Waals surface area contributed by atoms with Gasteiger partial charge >= 0.3 is 5.97 Å². The molecule has 36 heavy (non-hydrogen) atoms. The van der Waals surface area contributed by atoms with Crippen LogP contribution in [0.4, 0.5) is 0 Å². The van der Waals surface area contributed by atoms with Crippen molar-refractivity contribution in [2.45, 2.75) is 38.0 Å². The second-order valence-corrected chi connectivity index (χ2v) is 9.42. The number of carboxylic acids is 1. The molecular weight excluding hydrogens is 503 g/mol. The average Bonchev–Trinajstić information content (AvgIpc) is 3.28. The van der Waals surface area contributed by atoms with E-state index in [2.05, 4.69) is 10.5 Å². The van der Waals surface area contributed by atoms with Crippen LogP contribution in [0.2, 0.25) is 10.0 Å². The minimum Gasteiger partial charge on any atom is -0.489 e. The molecule has 3 aromatic rings. The van der Waals surface area contributed by atoms with Crippen LogP contribution in [0.1, 0.15) is 30.0 Å². The maximum Gasteiger partial charge on any atom is 0.326 e. The number of nitrogens with zero attached hydrogens (tertiary/aromatic N) is 1. The third-order valence-corrected chi connectivity index (χ3v) is 6.57. The lowest BCUT2D eigenvalue weighted by atomic mass is 9.94. The first-order chi connectivity index (χ1) is 17.2. The average molecular weight is 527 g/mol. The van der Waals surface area contributed by atoms with Gasteiger partial charge in [-0.2, -0.15) is 0 Å². The van der Waals surface area contributed by atoms with Crippen molar-refractivity contribution in [2.24, 2.45) is 5.16 Å². The zero-order valence-corrected chi connectivity index (χ0v) is 20.9. The summed E-state index contributed by atoms with van der Waals surface area (Å²) in [4.78, 5) is 30.3. The fourth-order valence-electron chi connectivity index (χ4n) is 3.74. The molecule has 0 aliphatic carbocycles. The van der Waals surface area contributed by atoms with E-state index in [-0.39, 0.29) is 19.4 Å². The highest BCUT2D eigenvalue weighted by Crippen LogP contribution is 2.28. The van der Waals surface area contributed by atoms with Crippen molar-refractivity contribution in [1.82, 2.24) is 5.32 Å². The number of hydrogen-bond donors (Lipinski definition) is 2. The Hall–Kier alpha value is -3.55. The molecule has 1 unspecified atom stereocenters. The van der Waals surface area contributed by atoms with E-state index >= 15 is 0 Å². The summed E-state index contributed by atoms with van der Waals surface area (Å²) in [6.45, 7) is 1.79. The van der Waals surface area contributed by atoms with E-state index < -0.39 is 23.5 Å². The lowest BCUT2D eigenvalue weighted by Crippen LogP contribution is -2.51. The number of carboxylic acid groups (broad SMARTS) is 1. The van der Waals surface area contributed by atoms with Gasteiger partial charge in [0.05, 0.1) is 5.71 Å². The number of nitrogens with one attached hydrogen (secondary N) is 1. The molecular formula is C27H24Cl2N2O5. The first-order valence-electron chi connectivity index (χ1n) is 11.2. The first kappa shape index (κ1) is 25.5. The number of amides is 1. The molecule has 2 N–H and O–H groups in total. The zero-order valence-electron chi connectivity index (χ0n) is 19.4. The van der Waals surface area contributed by atoms with Gasteiger partial charge in [-0.05, 0) is 42.3 Å². The van der Waals surface area contributed by atoms with E-state index in [0.717, 1.165) is 5.56 Å². The predicted octanol–water partition coefficient (Wildman–Crippen LogP) is 5.27. The molecule has 4 rings (SSSR count). The van der Waals surface area contributed by atoms with Crippen LogP contribution in [0.25, 0.3) is 0 Å². The van der Waals surface area contributed by atoms with Crippen LogP contribution >= 0.6 is 23.2 Å². The van der Waals surface area contributed by atoms with E-state index in [1.54, 1.807) is 49.4 Å². The molecule has 1 aliphatic rings. The van der Waals surface area contributed by atoms with Gasteiger partial charge in [-0.15, -0.1) is 0 Å². The molecule has 1 aliphatic heterocycles. The lowest BCUT2D eigenvalue weighted by Gasteiger charge is -2.23. The second-order valence-electron chi connectivity index (χ2n) is 8.60. The standard InChI is InChI=1S/C27H24Cl2N2O5/c1-27(15-24(31-36-27)18-6-3-2-4-7-18)26(34)30-23(25(32)33)14-17-10-12-19(13-11-17)35-16-20-21(28)8-5-9-22(20)29/h2-13,23H,14-16H2,1H3,(H,30,34)(H,32,33)/t23-,27?/m0/s1. The Morgan fingerprint density at radius 1 is 1.06 bits per heavy atom. The summed E-state index contributed by atoms with van der Waals surface area (Å²) in [5.74, 6) is -1.12. The normalized spacial score (nSPS) is 17.6. The fraction of sp³-hybridized carbons (Fsp3) is 0.222. The van der Waals surface area contributed by atoms with Crippen LogP contribution in [-0.2, 0) is 27.5 Å². The molecule has 0 saturated heterocycles. The summed E-state index contributed by atoms with van der Waals surface area (Å²) >= 11 is 12.3. The number of halogens is 2. The molecule has 0 radical (unpaired) electrons. The van der Waals surface area contributed by atoms with Gasteiger partial charge in [0.15, 0.2) is 0 Å². The third kappa shape index (κ3) is 5.98. The van der Waals surface area contributed by atoms with Crippen molar-refractivity contribution in [3.63, 3.8) is 0 Å². The molecule has 0 saturated carbocycles. The van der Waals surface area contributed by atoms with Crippen molar-refractivity contribution in [1.29, 1.82) is 0 Å². The number of carbonyl (C=O) groups is 2. The molecule has 0 fully saturated rings. The maximum atomic E-state index is 13.0. The molecule has 7 nitrogen and oxygen atoms in total. The van der Waals surface area contributed by atoms with E-state index in [1.165, 1.54) is 0 Å². The summed E-state index contributed by atoms with van der Waals surface area (Å²) in [6, 6.07) is 20.4. The van der Waals surface area contributed by atoms with Gasteiger partial charge in [0.25, 0.3) is 5.91 Å². The minimum atomic E-state index is -1.30. The van der Waals surface area contributed by atoms with Crippen molar-refractivity contribution in [3.05, 3.63) is 99.5 Å². The van der Waals surface area contributed by atoms with Crippen molar-refractivity contribution >= 4 is 40.8 Å². The highest BCUT2D eigenvalue weighted by atomic mass is 35.5. The van der Waals surface area contributed by atoms with Crippen LogP contribution in [0.15, 0.2) is 78.0 Å². The molecule has 3 aromatic carbocycles. The van der Waals surface area contributed by atoms with Gasteiger partial charge in [-0.25, -0.2) is 4.79 Å². The van der Waals surface area contributed by atoms with Gasteiger partial charge in [0.1, 0.15) is 18.4 Å². The van der Waals surface area contributed by atoms with Crippen LogP contribution in [-0.4, -0.2) is 34.3 Å². The quantitative estimate of drug-likeness (QED) is 0.396. The van der Waals surface area contributed by atoms with Gasteiger partial charge in [-0.3, -0.25) is 4.79 Å². The van der Waals surface area contributed by atoms with Crippen LogP contribution in [0.3, 0.4) is 0 Å². The summed E-state index contributed by atoms with van der Waals surface area (Å²) in [7, 11) is 0. The van der Waals surface area contributed by atoms with E-state index in [0.29, 0.717) is 32.6 Å². The van der Waals surface area contributed by atoms with E-state index in [1.807, 2.05) is 30.3 Å². The van der Waals surface area contributed by atoms with Crippen LogP contribution in [0, 0.1) is 0 Å². The molecule has 0 bridgehead atoms. The zero-order chi connectivity index (χ0) is 25.7. The highest BCUT2D eigenvalue weighted by molar-refractivity contribution is 6.35. The smallest absolute Gasteiger partial charge is 0.326 e.